The third-order valence-corrected chi connectivity index (χ3v) is 8.11. The van der Waals surface area contributed by atoms with Crippen molar-refractivity contribution in [2.45, 2.75) is 33.3 Å². The van der Waals surface area contributed by atoms with Gasteiger partial charge in [-0.2, -0.15) is 0 Å². The van der Waals surface area contributed by atoms with Crippen LogP contribution >= 0.6 is 31.9 Å². The summed E-state index contributed by atoms with van der Waals surface area (Å²) in [6.45, 7) is 7.26. The molecule has 0 atom stereocenters. The second kappa shape index (κ2) is 7.88. The molecule has 0 saturated carbocycles. The van der Waals surface area contributed by atoms with Crippen LogP contribution in [0, 0.1) is 27.7 Å². The monoisotopic (exact) mass is 574 g/mol. The molecule has 0 amide bonds. The molecule has 0 fully saturated rings. The first-order valence-electron chi connectivity index (χ1n) is 10.0. The molecule has 1 aliphatic rings. The minimum absolute atomic E-state index is 0.108. The van der Waals surface area contributed by atoms with Gasteiger partial charge in [0.1, 0.15) is 11.5 Å². The van der Waals surface area contributed by atoms with Gasteiger partial charge in [0.05, 0.1) is 11.1 Å². The number of benzene rings is 3. The SMILES string of the molecule is Cc1c(Br)cc(O)c(C2(c3c(O)cc(Br)c(C)c3C)OC(=O)c3c(C(=O)O)cccc32)c1C. The van der Waals surface area contributed by atoms with Gasteiger partial charge in [-0.1, -0.05) is 44.0 Å². The van der Waals surface area contributed by atoms with Gasteiger partial charge < -0.3 is 20.1 Å². The van der Waals surface area contributed by atoms with Gasteiger partial charge in [-0.25, -0.2) is 9.59 Å². The van der Waals surface area contributed by atoms with Crippen molar-refractivity contribution in [3.63, 3.8) is 0 Å². The number of carbonyl (C=O) groups excluding carboxylic acids is 1. The average Bonchev–Trinajstić information content (AvgIpc) is 3.03. The molecule has 3 N–H and O–H groups in total. The van der Waals surface area contributed by atoms with E-state index in [1.54, 1.807) is 19.9 Å². The van der Waals surface area contributed by atoms with Crippen LogP contribution in [-0.2, 0) is 10.3 Å². The number of aromatic carboxylic acids is 1. The van der Waals surface area contributed by atoms with Crippen LogP contribution in [0.3, 0.4) is 0 Å². The van der Waals surface area contributed by atoms with E-state index in [1.807, 2.05) is 13.8 Å². The summed E-state index contributed by atoms with van der Waals surface area (Å²) in [6, 6.07) is 7.46. The number of cyclic esters (lactones) is 1. The van der Waals surface area contributed by atoms with Crippen molar-refractivity contribution in [3.8, 4) is 11.5 Å². The summed E-state index contributed by atoms with van der Waals surface area (Å²) in [5, 5.41) is 32.0. The number of phenols is 2. The minimum Gasteiger partial charge on any atom is -0.507 e. The number of hydrogen-bond acceptors (Lipinski definition) is 5. The summed E-state index contributed by atoms with van der Waals surface area (Å²) < 4.78 is 7.36. The first-order chi connectivity index (χ1) is 15.4. The highest BCUT2D eigenvalue weighted by molar-refractivity contribution is 9.10. The highest BCUT2D eigenvalue weighted by Gasteiger charge is 2.54. The molecule has 3 aromatic rings. The number of phenolic OH excluding ortho intramolecular Hbond substituents is 2. The van der Waals surface area contributed by atoms with Crippen molar-refractivity contribution in [1.29, 1.82) is 0 Å². The van der Waals surface area contributed by atoms with E-state index in [-0.39, 0.29) is 39.3 Å². The second-order valence-electron chi connectivity index (χ2n) is 8.11. The number of rotatable bonds is 3. The Morgan fingerprint density at radius 2 is 1.36 bits per heavy atom. The Morgan fingerprint density at radius 1 is 0.879 bits per heavy atom. The first kappa shape index (κ1) is 23.3. The Balaban J connectivity index is 2.28. The standard InChI is InChI=1S/C25H20Br2O6/c1-10-12(3)21(18(28)8-16(10)26)25(22-13(4)11(2)17(27)9-19(22)29)15-7-5-6-14(23(30)31)20(15)24(32)33-25/h5-9,28-29H,1-4H3,(H,30,31). The van der Waals surface area contributed by atoms with Crippen molar-refractivity contribution in [2.75, 3.05) is 0 Å². The number of aromatic hydroxyl groups is 2. The van der Waals surface area contributed by atoms with Gasteiger partial charge in [0.15, 0.2) is 5.60 Å². The molecule has 170 valence electrons. The Morgan fingerprint density at radius 3 is 1.82 bits per heavy atom. The number of esters is 1. The van der Waals surface area contributed by atoms with Gasteiger partial charge in [-0.05, 0) is 68.1 Å². The number of carboxylic acid groups (broad SMARTS) is 1. The van der Waals surface area contributed by atoms with Gasteiger partial charge in [-0.3, -0.25) is 0 Å². The van der Waals surface area contributed by atoms with Gasteiger partial charge in [0, 0.05) is 25.6 Å². The zero-order chi connectivity index (χ0) is 24.4. The van der Waals surface area contributed by atoms with Crippen LogP contribution < -0.4 is 0 Å². The zero-order valence-electron chi connectivity index (χ0n) is 18.2. The van der Waals surface area contributed by atoms with Crippen molar-refractivity contribution < 1.29 is 29.6 Å². The van der Waals surface area contributed by atoms with Crippen LogP contribution in [0.5, 0.6) is 11.5 Å². The molecule has 0 spiro atoms. The third-order valence-electron chi connectivity index (χ3n) is 6.46. The third kappa shape index (κ3) is 3.19. The number of carbonyl (C=O) groups is 2. The fraction of sp³-hybridized carbons (Fsp3) is 0.200. The molecule has 0 saturated heterocycles. The van der Waals surface area contributed by atoms with Crippen LogP contribution in [0.4, 0.5) is 0 Å². The lowest BCUT2D eigenvalue weighted by molar-refractivity contribution is 0.0233. The van der Waals surface area contributed by atoms with Crippen LogP contribution in [0.15, 0.2) is 39.3 Å². The topological polar surface area (TPSA) is 104 Å². The predicted octanol–water partition coefficient (Wildman–Crippen LogP) is 6.02. The van der Waals surface area contributed by atoms with Crippen LogP contribution in [-0.4, -0.2) is 27.3 Å². The molecule has 33 heavy (non-hydrogen) atoms. The fourth-order valence-corrected chi connectivity index (χ4v) is 5.62. The molecule has 0 aromatic heterocycles. The second-order valence-corrected chi connectivity index (χ2v) is 9.82. The molecule has 0 bridgehead atoms. The van der Waals surface area contributed by atoms with Crippen molar-refractivity contribution >= 4 is 43.8 Å². The van der Waals surface area contributed by atoms with E-state index in [1.165, 1.54) is 24.3 Å². The van der Waals surface area contributed by atoms with Gasteiger partial charge in [0.2, 0.25) is 0 Å². The Hall–Kier alpha value is -2.84. The molecule has 6 nitrogen and oxygen atoms in total. The van der Waals surface area contributed by atoms with Crippen LogP contribution in [0.25, 0.3) is 0 Å². The van der Waals surface area contributed by atoms with Crippen LogP contribution in [0.2, 0.25) is 0 Å². The average molecular weight is 576 g/mol. The highest BCUT2D eigenvalue weighted by Crippen LogP contribution is 2.56. The van der Waals surface area contributed by atoms with E-state index in [9.17, 15) is 24.9 Å². The first-order valence-corrected chi connectivity index (χ1v) is 11.6. The van der Waals surface area contributed by atoms with Crippen molar-refractivity contribution in [3.05, 3.63) is 89.3 Å². The largest absolute Gasteiger partial charge is 0.507 e. The fourth-order valence-electron chi connectivity index (χ4n) is 4.59. The maximum atomic E-state index is 13.2. The van der Waals surface area contributed by atoms with Gasteiger partial charge in [0.25, 0.3) is 0 Å². The molecule has 1 heterocycles. The molecule has 1 aliphatic heterocycles. The smallest absolute Gasteiger partial charge is 0.341 e. The zero-order valence-corrected chi connectivity index (χ0v) is 21.4. The van der Waals surface area contributed by atoms with E-state index in [2.05, 4.69) is 31.9 Å². The number of fused-ring (bicyclic) bond motifs is 1. The Kier molecular flexibility index (Phi) is 5.57. The molecular weight excluding hydrogens is 556 g/mol. The summed E-state index contributed by atoms with van der Waals surface area (Å²) in [5.74, 6) is -2.45. The number of carboxylic acids is 1. The Labute approximate surface area is 207 Å². The van der Waals surface area contributed by atoms with Crippen molar-refractivity contribution in [2.24, 2.45) is 0 Å². The lowest BCUT2D eigenvalue weighted by atomic mass is 9.74. The lowest BCUT2D eigenvalue weighted by Gasteiger charge is -2.35. The van der Waals surface area contributed by atoms with Crippen molar-refractivity contribution in [1.82, 2.24) is 0 Å². The Bertz CT molecular complexity index is 1310. The summed E-state index contributed by atoms with van der Waals surface area (Å²) in [6.07, 6.45) is 0. The number of halogens is 2. The number of hydrogen-bond donors (Lipinski definition) is 3. The molecule has 3 aromatic carbocycles. The number of ether oxygens (including phenoxy) is 1. The van der Waals surface area contributed by atoms with E-state index in [4.69, 9.17) is 4.74 Å². The molecule has 0 radical (unpaired) electrons. The molecule has 0 aliphatic carbocycles. The summed E-state index contributed by atoms with van der Waals surface area (Å²) in [7, 11) is 0. The summed E-state index contributed by atoms with van der Waals surface area (Å²) >= 11 is 6.87. The minimum atomic E-state index is -1.77. The van der Waals surface area contributed by atoms with Crippen LogP contribution in [0.1, 0.15) is 59.7 Å². The van der Waals surface area contributed by atoms with E-state index in [0.717, 1.165) is 11.1 Å². The van der Waals surface area contributed by atoms with E-state index < -0.39 is 17.5 Å². The normalized spacial score (nSPS) is 14.2. The summed E-state index contributed by atoms with van der Waals surface area (Å²) in [4.78, 5) is 25.2. The van der Waals surface area contributed by atoms with E-state index in [0.29, 0.717) is 20.1 Å². The molecule has 4 rings (SSSR count). The molecule has 8 heteroatoms. The highest BCUT2D eigenvalue weighted by atomic mass is 79.9. The van der Waals surface area contributed by atoms with E-state index >= 15 is 0 Å². The van der Waals surface area contributed by atoms with Gasteiger partial charge in [-0.15, -0.1) is 0 Å². The molecule has 0 unspecified atom stereocenters. The quantitative estimate of drug-likeness (QED) is 0.330. The van der Waals surface area contributed by atoms with Gasteiger partial charge >= 0.3 is 11.9 Å². The lowest BCUT2D eigenvalue weighted by Crippen LogP contribution is -2.32. The molecular formula is C25H20Br2O6. The maximum absolute atomic E-state index is 13.2. The summed E-state index contributed by atoms with van der Waals surface area (Å²) in [5.41, 5.74) is 1.53. The predicted molar refractivity (Wildman–Crippen MR) is 129 cm³/mol. The maximum Gasteiger partial charge on any atom is 0.341 e.